The fourth-order valence-corrected chi connectivity index (χ4v) is 4.06. The van der Waals surface area contributed by atoms with Crippen molar-refractivity contribution >= 4 is 35.8 Å². The first-order valence-electron chi connectivity index (χ1n) is 11.1. The van der Waals surface area contributed by atoms with E-state index in [1.165, 1.54) is 0 Å². The number of alkyl halides is 3. The van der Waals surface area contributed by atoms with Gasteiger partial charge in [0.2, 0.25) is 5.91 Å². The van der Waals surface area contributed by atoms with Crippen molar-refractivity contribution in [3.63, 3.8) is 0 Å². The number of hydrogen-bond acceptors (Lipinski definition) is 3. The monoisotopic (exact) mass is 567 g/mol. The number of nitrogens with one attached hydrogen (secondary N) is 2. The summed E-state index contributed by atoms with van der Waals surface area (Å²) < 4.78 is 38.1. The molecule has 32 heavy (non-hydrogen) atoms. The molecule has 0 radical (unpaired) electrons. The molecule has 0 aromatic heterocycles. The molecule has 1 unspecified atom stereocenters. The molecule has 2 fully saturated rings. The van der Waals surface area contributed by atoms with E-state index in [0.29, 0.717) is 19.5 Å². The number of amides is 1. The number of likely N-dealkylation sites (tertiary alicyclic amines) is 2. The molecular weight excluding hydrogens is 534 g/mol. The lowest BCUT2D eigenvalue weighted by molar-refractivity contribution is -0.137. The van der Waals surface area contributed by atoms with Crippen LogP contribution in [0.2, 0.25) is 0 Å². The Labute approximate surface area is 205 Å². The first-order valence-corrected chi connectivity index (χ1v) is 11.1. The van der Waals surface area contributed by atoms with Crippen molar-refractivity contribution in [3.05, 3.63) is 35.4 Å². The van der Waals surface area contributed by atoms with Gasteiger partial charge in [-0.1, -0.05) is 12.1 Å². The Morgan fingerprint density at radius 1 is 1.22 bits per heavy atom. The van der Waals surface area contributed by atoms with Gasteiger partial charge in [-0.2, -0.15) is 13.2 Å². The van der Waals surface area contributed by atoms with E-state index in [0.717, 1.165) is 75.6 Å². The van der Waals surface area contributed by atoms with E-state index >= 15 is 0 Å². The lowest BCUT2D eigenvalue weighted by Crippen LogP contribution is -2.44. The lowest BCUT2D eigenvalue weighted by atomic mass is 10.1. The Kier molecular flexibility index (Phi) is 10.5. The molecule has 180 valence electrons. The quantitative estimate of drug-likeness (QED) is 0.219. The second kappa shape index (κ2) is 12.6. The van der Waals surface area contributed by atoms with Gasteiger partial charge in [0.15, 0.2) is 5.96 Å². The van der Waals surface area contributed by atoms with Gasteiger partial charge in [0.1, 0.15) is 0 Å². The maximum absolute atomic E-state index is 12.7. The molecule has 6 nitrogen and oxygen atoms in total. The molecule has 1 aromatic carbocycles. The van der Waals surface area contributed by atoms with Crippen molar-refractivity contribution in [2.45, 2.75) is 51.4 Å². The summed E-state index contributed by atoms with van der Waals surface area (Å²) in [5, 5.41) is 6.73. The van der Waals surface area contributed by atoms with E-state index < -0.39 is 11.7 Å². The van der Waals surface area contributed by atoms with Crippen LogP contribution in [-0.4, -0.2) is 67.0 Å². The van der Waals surface area contributed by atoms with Crippen LogP contribution in [0, 0.1) is 0 Å². The molecule has 1 atom stereocenters. The smallest absolute Gasteiger partial charge is 0.357 e. The summed E-state index contributed by atoms with van der Waals surface area (Å²) in [4.78, 5) is 20.5. The minimum atomic E-state index is -4.30. The second-order valence-corrected chi connectivity index (χ2v) is 8.16. The third-order valence-electron chi connectivity index (χ3n) is 5.67. The van der Waals surface area contributed by atoms with Crippen LogP contribution in [0.1, 0.15) is 43.7 Å². The summed E-state index contributed by atoms with van der Waals surface area (Å²) in [5.41, 5.74) is 0.267. The van der Waals surface area contributed by atoms with Crippen molar-refractivity contribution in [1.82, 2.24) is 20.4 Å². The predicted molar refractivity (Wildman–Crippen MR) is 130 cm³/mol. The number of carbonyl (C=O) groups excluding carboxylic acids is 1. The standard InChI is InChI=1S/C22H32F3N5O.HI/c1-2-26-21(27-11-4-13-30-12-3-5-20(30)31)28-19-10-14-29(16-19)15-17-6-8-18(9-7-17)22(23,24)25;/h6-9,19H,2-5,10-16H2,1H3,(H2,26,27,28);1H. The average Bonchev–Trinajstić information content (AvgIpc) is 3.33. The average molecular weight is 567 g/mol. The fourth-order valence-electron chi connectivity index (χ4n) is 4.06. The zero-order valence-electron chi connectivity index (χ0n) is 18.5. The van der Waals surface area contributed by atoms with Crippen LogP contribution in [0.5, 0.6) is 0 Å². The summed E-state index contributed by atoms with van der Waals surface area (Å²) in [5.74, 6) is 1.02. The highest BCUT2D eigenvalue weighted by molar-refractivity contribution is 14.0. The van der Waals surface area contributed by atoms with Crippen molar-refractivity contribution in [3.8, 4) is 0 Å². The topological polar surface area (TPSA) is 60.0 Å². The highest BCUT2D eigenvalue weighted by Gasteiger charge is 2.30. The molecule has 1 aromatic rings. The van der Waals surface area contributed by atoms with E-state index in [9.17, 15) is 18.0 Å². The Morgan fingerprint density at radius 2 is 1.97 bits per heavy atom. The number of carbonyl (C=O) groups is 1. The highest BCUT2D eigenvalue weighted by Crippen LogP contribution is 2.29. The predicted octanol–water partition coefficient (Wildman–Crippen LogP) is 3.47. The molecule has 2 saturated heterocycles. The summed E-state index contributed by atoms with van der Waals surface area (Å²) in [6.07, 6.45) is -0.886. The van der Waals surface area contributed by atoms with E-state index in [1.807, 2.05) is 11.8 Å². The molecule has 0 saturated carbocycles. The van der Waals surface area contributed by atoms with Gasteiger partial charge >= 0.3 is 6.18 Å². The van der Waals surface area contributed by atoms with Crippen LogP contribution < -0.4 is 10.6 Å². The number of hydrogen-bond donors (Lipinski definition) is 2. The molecule has 2 aliphatic heterocycles. The molecule has 0 spiro atoms. The molecular formula is C22H33F3IN5O. The van der Waals surface area contributed by atoms with E-state index in [1.54, 1.807) is 12.1 Å². The van der Waals surface area contributed by atoms with Crippen molar-refractivity contribution in [2.24, 2.45) is 4.99 Å². The molecule has 2 heterocycles. The van der Waals surface area contributed by atoms with E-state index in [4.69, 9.17) is 0 Å². The molecule has 0 bridgehead atoms. The normalized spacial score (nSPS) is 19.9. The van der Waals surface area contributed by atoms with Gasteiger partial charge in [-0.15, -0.1) is 24.0 Å². The van der Waals surface area contributed by atoms with Gasteiger partial charge in [0.25, 0.3) is 0 Å². The van der Waals surface area contributed by atoms with Gasteiger partial charge in [-0.3, -0.25) is 14.7 Å². The van der Waals surface area contributed by atoms with Gasteiger partial charge < -0.3 is 15.5 Å². The van der Waals surface area contributed by atoms with Crippen LogP contribution in [0.3, 0.4) is 0 Å². The minimum Gasteiger partial charge on any atom is -0.357 e. The van der Waals surface area contributed by atoms with Crippen molar-refractivity contribution in [1.29, 1.82) is 0 Å². The summed E-state index contributed by atoms with van der Waals surface area (Å²) in [6, 6.07) is 5.65. The van der Waals surface area contributed by atoms with Gasteiger partial charge in [-0.25, -0.2) is 0 Å². The third-order valence-corrected chi connectivity index (χ3v) is 5.67. The number of aliphatic imine (C=N–C) groups is 1. The molecule has 1 amide bonds. The Bertz CT molecular complexity index is 757. The van der Waals surface area contributed by atoms with Crippen LogP contribution in [-0.2, 0) is 17.5 Å². The van der Waals surface area contributed by atoms with Crippen LogP contribution in [0.4, 0.5) is 13.2 Å². The SMILES string of the molecule is CCNC(=NCCCN1CCCC1=O)NC1CCN(Cc2ccc(C(F)(F)F)cc2)C1.I. The summed E-state index contributed by atoms with van der Waals surface area (Å²) >= 11 is 0. The Morgan fingerprint density at radius 3 is 2.59 bits per heavy atom. The molecule has 2 N–H and O–H groups in total. The summed E-state index contributed by atoms with van der Waals surface area (Å²) in [6.45, 7) is 7.38. The Hall–Kier alpha value is -1.56. The molecule has 0 aliphatic carbocycles. The lowest BCUT2D eigenvalue weighted by Gasteiger charge is -2.19. The fraction of sp³-hybridized carbons (Fsp3) is 0.636. The first-order chi connectivity index (χ1) is 14.8. The number of halogens is 4. The summed E-state index contributed by atoms with van der Waals surface area (Å²) in [7, 11) is 0. The molecule has 10 heteroatoms. The third kappa shape index (κ3) is 8.09. The number of guanidine groups is 1. The van der Waals surface area contributed by atoms with Gasteiger partial charge in [0, 0.05) is 58.3 Å². The zero-order valence-corrected chi connectivity index (χ0v) is 20.8. The van der Waals surface area contributed by atoms with Gasteiger partial charge in [-0.05, 0) is 43.9 Å². The van der Waals surface area contributed by atoms with Gasteiger partial charge in [0.05, 0.1) is 5.56 Å². The van der Waals surface area contributed by atoms with Crippen LogP contribution in [0.25, 0.3) is 0 Å². The largest absolute Gasteiger partial charge is 0.416 e. The van der Waals surface area contributed by atoms with Crippen molar-refractivity contribution < 1.29 is 18.0 Å². The second-order valence-electron chi connectivity index (χ2n) is 8.16. The van der Waals surface area contributed by atoms with Crippen LogP contribution >= 0.6 is 24.0 Å². The van der Waals surface area contributed by atoms with E-state index in [-0.39, 0.29) is 35.9 Å². The van der Waals surface area contributed by atoms with Crippen LogP contribution in [0.15, 0.2) is 29.3 Å². The van der Waals surface area contributed by atoms with E-state index in [2.05, 4.69) is 20.5 Å². The minimum absolute atomic E-state index is 0. The Balaban J connectivity index is 0.00000363. The highest BCUT2D eigenvalue weighted by atomic mass is 127. The molecule has 2 aliphatic rings. The maximum atomic E-state index is 12.7. The molecule has 3 rings (SSSR count). The first kappa shape index (κ1) is 26.7. The number of benzene rings is 1. The zero-order chi connectivity index (χ0) is 22.3. The maximum Gasteiger partial charge on any atom is 0.416 e. The number of rotatable bonds is 8. The van der Waals surface area contributed by atoms with Crippen molar-refractivity contribution in [2.75, 3.05) is 39.3 Å². The number of nitrogens with zero attached hydrogens (tertiary/aromatic N) is 3.